The van der Waals surface area contributed by atoms with Crippen LogP contribution in [0.5, 0.6) is 11.5 Å². The molecular formula is C13H12BrIO2. The zero-order valence-electron chi connectivity index (χ0n) is 9.23. The van der Waals surface area contributed by atoms with Gasteiger partial charge in [-0.15, -0.1) is 0 Å². The Morgan fingerprint density at radius 2 is 1.76 bits per heavy atom. The van der Waals surface area contributed by atoms with Gasteiger partial charge in [-0.2, -0.15) is 0 Å². The standard InChI is InChI=1S/C7H8O2.C6H4BrI/c1-9-7-4-2-3-6(8)5-7;7-5-1-3-6(8)4-2-5/h2-5,8H,1H3;1-4H. The summed E-state index contributed by atoms with van der Waals surface area (Å²) >= 11 is 5.62. The average Bonchev–Trinajstić information content (AvgIpc) is 2.34. The second kappa shape index (κ2) is 7.55. The topological polar surface area (TPSA) is 29.5 Å². The lowest BCUT2D eigenvalue weighted by Crippen LogP contribution is -1.79. The number of benzene rings is 2. The van der Waals surface area contributed by atoms with Crippen LogP contribution in [0.1, 0.15) is 0 Å². The van der Waals surface area contributed by atoms with E-state index < -0.39 is 0 Å². The first-order chi connectivity index (χ1) is 8.11. The van der Waals surface area contributed by atoms with Gasteiger partial charge in [0.25, 0.3) is 0 Å². The van der Waals surface area contributed by atoms with Crippen molar-refractivity contribution in [2.75, 3.05) is 7.11 Å². The van der Waals surface area contributed by atoms with Crippen molar-refractivity contribution in [1.82, 2.24) is 0 Å². The molecule has 2 nitrogen and oxygen atoms in total. The number of ether oxygens (including phenoxy) is 1. The zero-order valence-corrected chi connectivity index (χ0v) is 13.0. The minimum Gasteiger partial charge on any atom is -0.508 e. The monoisotopic (exact) mass is 406 g/mol. The quantitative estimate of drug-likeness (QED) is 0.708. The van der Waals surface area contributed by atoms with E-state index in [4.69, 9.17) is 9.84 Å². The lowest BCUT2D eigenvalue weighted by atomic mass is 10.3. The molecule has 90 valence electrons. The van der Waals surface area contributed by atoms with Crippen LogP contribution in [0.3, 0.4) is 0 Å². The number of rotatable bonds is 1. The molecule has 0 saturated heterocycles. The maximum atomic E-state index is 8.86. The number of phenolic OH excluding ortho intramolecular Hbond substituents is 1. The summed E-state index contributed by atoms with van der Waals surface area (Å²) in [4.78, 5) is 0. The Kier molecular flexibility index (Phi) is 6.36. The molecule has 0 aliphatic heterocycles. The van der Waals surface area contributed by atoms with Crippen molar-refractivity contribution in [3.8, 4) is 11.5 Å². The fourth-order valence-corrected chi connectivity index (χ4v) is 1.66. The predicted octanol–water partition coefficient (Wildman–Crippen LogP) is 4.45. The predicted molar refractivity (Wildman–Crippen MR) is 81.5 cm³/mol. The summed E-state index contributed by atoms with van der Waals surface area (Å²) in [7, 11) is 1.56. The van der Waals surface area contributed by atoms with E-state index in [2.05, 4.69) is 50.7 Å². The highest BCUT2D eigenvalue weighted by atomic mass is 127. The molecule has 0 spiro atoms. The fraction of sp³-hybridized carbons (Fsp3) is 0.0769. The van der Waals surface area contributed by atoms with Crippen molar-refractivity contribution in [3.63, 3.8) is 0 Å². The summed E-state index contributed by atoms with van der Waals surface area (Å²) < 4.78 is 7.24. The van der Waals surface area contributed by atoms with Crippen molar-refractivity contribution in [2.45, 2.75) is 0 Å². The first-order valence-corrected chi connectivity index (χ1v) is 6.73. The third kappa shape index (κ3) is 5.93. The smallest absolute Gasteiger partial charge is 0.122 e. The Balaban J connectivity index is 0.000000171. The van der Waals surface area contributed by atoms with E-state index in [9.17, 15) is 0 Å². The zero-order chi connectivity index (χ0) is 12.7. The van der Waals surface area contributed by atoms with Crippen molar-refractivity contribution in [2.24, 2.45) is 0 Å². The molecule has 1 N–H and O–H groups in total. The van der Waals surface area contributed by atoms with Gasteiger partial charge in [0.1, 0.15) is 11.5 Å². The molecule has 0 aliphatic rings. The molecule has 0 heterocycles. The highest BCUT2D eigenvalue weighted by Crippen LogP contribution is 2.16. The number of methoxy groups -OCH3 is 1. The Bertz CT molecular complexity index is 436. The summed E-state index contributed by atoms with van der Waals surface area (Å²) in [5.41, 5.74) is 0. The first-order valence-electron chi connectivity index (χ1n) is 4.86. The Hall–Kier alpha value is -0.750. The van der Waals surface area contributed by atoms with Gasteiger partial charge >= 0.3 is 0 Å². The van der Waals surface area contributed by atoms with E-state index in [0.717, 1.165) is 4.47 Å². The van der Waals surface area contributed by atoms with E-state index in [1.165, 1.54) is 3.57 Å². The summed E-state index contributed by atoms with van der Waals surface area (Å²) in [6.45, 7) is 0. The van der Waals surface area contributed by atoms with E-state index in [-0.39, 0.29) is 5.75 Å². The highest BCUT2D eigenvalue weighted by Gasteiger charge is 1.88. The normalized spacial score (nSPS) is 9.12. The minimum atomic E-state index is 0.231. The third-order valence-corrected chi connectivity index (χ3v) is 3.10. The van der Waals surface area contributed by atoms with E-state index in [1.807, 2.05) is 12.1 Å². The van der Waals surface area contributed by atoms with E-state index in [1.54, 1.807) is 31.4 Å². The molecule has 2 aromatic rings. The van der Waals surface area contributed by atoms with Crippen molar-refractivity contribution < 1.29 is 9.84 Å². The Labute approximate surface area is 123 Å². The second-order valence-electron chi connectivity index (χ2n) is 3.14. The van der Waals surface area contributed by atoms with Gasteiger partial charge in [-0.3, -0.25) is 0 Å². The molecule has 2 aromatic carbocycles. The first kappa shape index (κ1) is 14.3. The average molecular weight is 407 g/mol. The van der Waals surface area contributed by atoms with Gasteiger partial charge in [0.2, 0.25) is 0 Å². The summed E-state index contributed by atoms with van der Waals surface area (Å²) in [6.07, 6.45) is 0. The molecule has 0 aliphatic carbocycles. The van der Waals surface area contributed by atoms with Crippen LogP contribution in [0, 0.1) is 3.57 Å². The maximum Gasteiger partial charge on any atom is 0.122 e. The van der Waals surface area contributed by atoms with Crippen molar-refractivity contribution >= 4 is 38.5 Å². The van der Waals surface area contributed by atoms with E-state index >= 15 is 0 Å². The number of aromatic hydroxyl groups is 1. The fourth-order valence-electron chi connectivity index (χ4n) is 1.04. The van der Waals surface area contributed by atoms with Gasteiger partial charge in [-0.05, 0) is 59.0 Å². The molecule has 0 fully saturated rings. The number of hydrogen-bond donors (Lipinski definition) is 1. The molecule has 0 unspecified atom stereocenters. The lowest BCUT2D eigenvalue weighted by Gasteiger charge is -1.97. The Morgan fingerprint density at radius 1 is 1.12 bits per heavy atom. The van der Waals surface area contributed by atoms with Crippen LogP contribution in [-0.2, 0) is 0 Å². The van der Waals surface area contributed by atoms with Gasteiger partial charge in [-0.1, -0.05) is 22.0 Å². The van der Waals surface area contributed by atoms with Crippen molar-refractivity contribution in [1.29, 1.82) is 0 Å². The van der Waals surface area contributed by atoms with Gasteiger partial charge in [-0.25, -0.2) is 0 Å². The molecule has 2 rings (SSSR count). The van der Waals surface area contributed by atoms with Crippen LogP contribution in [0.4, 0.5) is 0 Å². The lowest BCUT2D eigenvalue weighted by molar-refractivity contribution is 0.407. The summed E-state index contributed by atoms with van der Waals surface area (Å²) in [5, 5.41) is 8.86. The van der Waals surface area contributed by atoms with Gasteiger partial charge in [0.05, 0.1) is 7.11 Å². The maximum absolute atomic E-state index is 8.86. The third-order valence-electron chi connectivity index (χ3n) is 1.86. The molecule has 0 amide bonds. The largest absolute Gasteiger partial charge is 0.508 e. The molecular weight excluding hydrogens is 395 g/mol. The SMILES string of the molecule is Brc1ccc(I)cc1.COc1cccc(O)c1. The summed E-state index contributed by atoms with van der Waals surface area (Å²) in [6, 6.07) is 14.8. The minimum absolute atomic E-state index is 0.231. The van der Waals surface area contributed by atoms with Crippen LogP contribution in [0.2, 0.25) is 0 Å². The second-order valence-corrected chi connectivity index (χ2v) is 5.30. The number of phenols is 1. The Morgan fingerprint density at radius 3 is 2.18 bits per heavy atom. The summed E-state index contributed by atoms with van der Waals surface area (Å²) in [5.74, 6) is 0.907. The van der Waals surface area contributed by atoms with E-state index in [0.29, 0.717) is 5.75 Å². The van der Waals surface area contributed by atoms with Crippen LogP contribution in [0.25, 0.3) is 0 Å². The molecule has 0 aromatic heterocycles. The van der Waals surface area contributed by atoms with Gasteiger partial charge < -0.3 is 9.84 Å². The van der Waals surface area contributed by atoms with Crippen LogP contribution >= 0.6 is 38.5 Å². The number of halogens is 2. The number of hydrogen-bond acceptors (Lipinski definition) is 2. The van der Waals surface area contributed by atoms with Crippen LogP contribution < -0.4 is 4.74 Å². The molecule has 0 saturated carbocycles. The van der Waals surface area contributed by atoms with Gasteiger partial charge in [0.15, 0.2) is 0 Å². The van der Waals surface area contributed by atoms with Crippen LogP contribution in [-0.4, -0.2) is 12.2 Å². The molecule has 0 radical (unpaired) electrons. The van der Waals surface area contributed by atoms with Gasteiger partial charge in [0, 0.05) is 14.1 Å². The molecule has 0 atom stereocenters. The van der Waals surface area contributed by atoms with Crippen LogP contribution in [0.15, 0.2) is 53.0 Å². The molecule has 4 heteroatoms. The van der Waals surface area contributed by atoms with Crippen molar-refractivity contribution in [3.05, 3.63) is 56.6 Å². The molecule has 17 heavy (non-hydrogen) atoms. The highest BCUT2D eigenvalue weighted by molar-refractivity contribution is 14.1. The molecule has 0 bridgehead atoms.